The number of hydrogen-bond donors (Lipinski definition) is 1. The first-order valence-electron chi connectivity index (χ1n) is 8.32. The Morgan fingerprint density at radius 2 is 1.89 bits per heavy atom. The maximum absolute atomic E-state index is 12.0. The maximum atomic E-state index is 12.0. The predicted octanol–water partition coefficient (Wildman–Crippen LogP) is 5.21. The summed E-state index contributed by atoms with van der Waals surface area (Å²) < 4.78 is 6.95. The van der Waals surface area contributed by atoms with E-state index in [4.69, 9.17) is 16.3 Å². The fraction of sp³-hybridized carbons (Fsp3) is 0.0476. The van der Waals surface area contributed by atoms with E-state index in [1.165, 1.54) is 7.11 Å². The summed E-state index contributed by atoms with van der Waals surface area (Å²) in [4.78, 5) is 16.1. The van der Waals surface area contributed by atoms with E-state index in [0.717, 1.165) is 22.3 Å². The van der Waals surface area contributed by atoms with Crippen molar-refractivity contribution >= 4 is 39.8 Å². The molecule has 0 aliphatic rings. The summed E-state index contributed by atoms with van der Waals surface area (Å²) >= 11 is 6.02. The SMILES string of the molecule is COC(=O)c1cc(Cl)ccc1Nc1ccc2c(ccn2-c2ccncc2)c1. The number of benzene rings is 2. The van der Waals surface area contributed by atoms with Gasteiger partial charge in [-0.15, -0.1) is 0 Å². The summed E-state index contributed by atoms with van der Waals surface area (Å²) in [6, 6.07) is 17.1. The third-order valence-electron chi connectivity index (χ3n) is 4.30. The van der Waals surface area contributed by atoms with E-state index in [-0.39, 0.29) is 0 Å². The summed E-state index contributed by atoms with van der Waals surface area (Å²) in [7, 11) is 1.35. The monoisotopic (exact) mass is 377 g/mol. The molecule has 0 atom stereocenters. The molecule has 4 rings (SSSR count). The zero-order valence-electron chi connectivity index (χ0n) is 14.5. The number of rotatable bonds is 4. The minimum absolute atomic E-state index is 0.388. The Hall–Kier alpha value is -3.31. The zero-order chi connectivity index (χ0) is 18.8. The highest BCUT2D eigenvalue weighted by atomic mass is 35.5. The van der Waals surface area contributed by atoms with Gasteiger partial charge in [0.25, 0.3) is 0 Å². The van der Waals surface area contributed by atoms with Gasteiger partial charge >= 0.3 is 5.97 Å². The Labute approximate surface area is 161 Å². The summed E-state index contributed by atoms with van der Waals surface area (Å²) in [6.45, 7) is 0. The second-order valence-corrected chi connectivity index (χ2v) is 6.41. The summed E-state index contributed by atoms with van der Waals surface area (Å²) in [5.74, 6) is -0.440. The van der Waals surface area contributed by atoms with Crippen LogP contribution >= 0.6 is 11.6 Å². The molecule has 4 aromatic rings. The summed E-state index contributed by atoms with van der Waals surface area (Å²) in [5.41, 5.74) is 4.02. The van der Waals surface area contributed by atoms with E-state index >= 15 is 0 Å². The molecule has 0 saturated carbocycles. The van der Waals surface area contributed by atoms with Gasteiger partial charge in [-0.25, -0.2) is 4.79 Å². The molecule has 2 aromatic heterocycles. The lowest BCUT2D eigenvalue weighted by Gasteiger charge is -2.12. The highest BCUT2D eigenvalue weighted by Gasteiger charge is 2.13. The normalized spacial score (nSPS) is 10.7. The van der Waals surface area contributed by atoms with Gasteiger partial charge in [0.1, 0.15) is 0 Å². The molecule has 27 heavy (non-hydrogen) atoms. The number of methoxy groups -OCH3 is 1. The third kappa shape index (κ3) is 3.37. The molecule has 0 saturated heterocycles. The van der Waals surface area contributed by atoms with Gasteiger partial charge in [-0.2, -0.15) is 0 Å². The Kier molecular flexibility index (Phi) is 4.52. The van der Waals surface area contributed by atoms with E-state index in [1.807, 2.05) is 42.6 Å². The fourth-order valence-electron chi connectivity index (χ4n) is 3.01. The lowest BCUT2D eigenvalue weighted by Crippen LogP contribution is -2.05. The minimum Gasteiger partial charge on any atom is -0.465 e. The van der Waals surface area contributed by atoms with Crippen LogP contribution in [0.2, 0.25) is 5.02 Å². The van der Waals surface area contributed by atoms with Crippen molar-refractivity contribution in [2.75, 3.05) is 12.4 Å². The molecule has 6 heteroatoms. The van der Waals surface area contributed by atoms with Crippen LogP contribution in [0.4, 0.5) is 11.4 Å². The first kappa shape index (κ1) is 17.1. The van der Waals surface area contributed by atoms with Gasteiger partial charge in [0.05, 0.1) is 23.9 Å². The standard InChI is InChI=1S/C21H16ClN3O2/c1-27-21(26)18-13-15(22)2-4-19(18)24-16-3-5-20-14(12-16)8-11-25(20)17-6-9-23-10-7-17/h2-13,24H,1H3. The quantitative estimate of drug-likeness (QED) is 0.496. The molecule has 0 aliphatic carbocycles. The van der Waals surface area contributed by atoms with Crippen LogP contribution < -0.4 is 5.32 Å². The molecule has 0 amide bonds. The number of ether oxygens (including phenoxy) is 1. The molecule has 0 spiro atoms. The topological polar surface area (TPSA) is 56.1 Å². The number of hydrogen-bond acceptors (Lipinski definition) is 4. The van der Waals surface area contributed by atoms with E-state index < -0.39 is 5.97 Å². The van der Waals surface area contributed by atoms with Crippen LogP contribution in [0.25, 0.3) is 16.6 Å². The second-order valence-electron chi connectivity index (χ2n) is 5.97. The van der Waals surface area contributed by atoms with Crippen LogP contribution in [-0.2, 0) is 4.74 Å². The molecule has 134 valence electrons. The second kappa shape index (κ2) is 7.13. The van der Waals surface area contributed by atoms with Crippen LogP contribution in [-0.4, -0.2) is 22.6 Å². The van der Waals surface area contributed by atoms with Gasteiger partial charge in [-0.05, 0) is 54.6 Å². The summed E-state index contributed by atoms with van der Waals surface area (Å²) in [5, 5.41) is 4.83. The molecule has 0 fully saturated rings. The number of nitrogens with one attached hydrogen (secondary N) is 1. The largest absolute Gasteiger partial charge is 0.465 e. The number of esters is 1. The number of carbonyl (C=O) groups is 1. The molecular weight excluding hydrogens is 362 g/mol. The third-order valence-corrected chi connectivity index (χ3v) is 4.53. The smallest absolute Gasteiger partial charge is 0.340 e. The van der Waals surface area contributed by atoms with Gasteiger partial charge in [0, 0.05) is 40.4 Å². The molecule has 5 nitrogen and oxygen atoms in total. The van der Waals surface area contributed by atoms with Crippen molar-refractivity contribution in [2.45, 2.75) is 0 Å². The number of carbonyl (C=O) groups excluding carboxylic acids is 1. The van der Waals surface area contributed by atoms with Crippen molar-refractivity contribution in [3.8, 4) is 5.69 Å². The van der Waals surface area contributed by atoms with Gasteiger partial charge in [-0.3, -0.25) is 4.98 Å². The first-order valence-corrected chi connectivity index (χ1v) is 8.70. The highest BCUT2D eigenvalue weighted by Crippen LogP contribution is 2.28. The Balaban J connectivity index is 1.70. The van der Waals surface area contributed by atoms with E-state index in [0.29, 0.717) is 16.3 Å². The number of pyridine rings is 1. The number of anilines is 2. The average Bonchev–Trinajstić information content (AvgIpc) is 3.12. The maximum Gasteiger partial charge on any atom is 0.340 e. The molecule has 0 bridgehead atoms. The van der Waals surface area contributed by atoms with E-state index in [1.54, 1.807) is 30.6 Å². The number of fused-ring (bicyclic) bond motifs is 1. The summed E-state index contributed by atoms with van der Waals surface area (Å²) in [6.07, 6.45) is 5.56. The molecular formula is C21H16ClN3O2. The van der Waals surface area contributed by atoms with Crippen LogP contribution in [0, 0.1) is 0 Å². The molecule has 2 heterocycles. The lowest BCUT2D eigenvalue weighted by molar-refractivity contribution is 0.0602. The van der Waals surface area contributed by atoms with Crippen LogP contribution in [0.5, 0.6) is 0 Å². The Bertz CT molecular complexity index is 1120. The number of aromatic nitrogens is 2. The van der Waals surface area contributed by atoms with E-state index in [2.05, 4.69) is 14.9 Å². The van der Waals surface area contributed by atoms with Gasteiger partial charge < -0.3 is 14.6 Å². The van der Waals surface area contributed by atoms with Crippen molar-refractivity contribution in [3.63, 3.8) is 0 Å². The predicted molar refractivity (Wildman–Crippen MR) is 107 cm³/mol. The van der Waals surface area contributed by atoms with Crippen molar-refractivity contribution < 1.29 is 9.53 Å². The zero-order valence-corrected chi connectivity index (χ0v) is 15.3. The lowest BCUT2D eigenvalue weighted by atomic mass is 10.1. The van der Waals surface area contributed by atoms with Gasteiger partial charge in [0.15, 0.2) is 0 Å². The van der Waals surface area contributed by atoms with Crippen LogP contribution in [0.1, 0.15) is 10.4 Å². The molecule has 1 N–H and O–H groups in total. The molecule has 0 radical (unpaired) electrons. The molecule has 2 aromatic carbocycles. The van der Waals surface area contributed by atoms with Crippen LogP contribution in [0.3, 0.4) is 0 Å². The average molecular weight is 378 g/mol. The highest BCUT2D eigenvalue weighted by molar-refractivity contribution is 6.31. The van der Waals surface area contributed by atoms with Crippen molar-refractivity contribution in [3.05, 3.63) is 83.8 Å². The number of halogens is 1. The Morgan fingerprint density at radius 1 is 1.07 bits per heavy atom. The van der Waals surface area contributed by atoms with Crippen molar-refractivity contribution in [1.82, 2.24) is 9.55 Å². The van der Waals surface area contributed by atoms with Crippen molar-refractivity contribution in [1.29, 1.82) is 0 Å². The van der Waals surface area contributed by atoms with Crippen molar-refractivity contribution in [2.24, 2.45) is 0 Å². The Morgan fingerprint density at radius 3 is 2.67 bits per heavy atom. The molecule has 0 unspecified atom stereocenters. The minimum atomic E-state index is -0.440. The van der Waals surface area contributed by atoms with Gasteiger partial charge in [-0.1, -0.05) is 11.6 Å². The molecule has 0 aliphatic heterocycles. The fourth-order valence-corrected chi connectivity index (χ4v) is 3.18. The van der Waals surface area contributed by atoms with Crippen LogP contribution in [0.15, 0.2) is 73.2 Å². The van der Waals surface area contributed by atoms with Gasteiger partial charge in [0.2, 0.25) is 0 Å². The van der Waals surface area contributed by atoms with E-state index in [9.17, 15) is 4.79 Å². The number of nitrogens with zero attached hydrogens (tertiary/aromatic N) is 2. The first-order chi connectivity index (χ1) is 13.2.